The minimum absolute atomic E-state index is 0.0129. The van der Waals surface area contributed by atoms with Crippen LogP contribution >= 0.6 is 0 Å². The van der Waals surface area contributed by atoms with Crippen molar-refractivity contribution in [2.24, 2.45) is 5.92 Å². The van der Waals surface area contributed by atoms with Crippen LogP contribution in [0.5, 0.6) is 5.75 Å². The first-order chi connectivity index (χ1) is 12.5. The van der Waals surface area contributed by atoms with Gasteiger partial charge in [0.2, 0.25) is 10.0 Å². The number of sulfonamides is 1. The van der Waals surface area contributed by atoms with Gasteiger partial charge in [0.1, 0.15) is 5.75 Å². The van der Waals surface area contributed by atoms with Gasteiger partial charge in [-0.1, -0.05) is 0 Å². The van der Waals surface area contributed by atoms with Gasteiger partial charge >= 0.3 is 0 Å². The van der Waals surface area contributed by atoms with Crippen molar-refractivity contribution in [2.45, 2.75) is 26.3 Å². The predicted octanol–water partition coefficient (Wildman–Crippen LogP) is 1.90. The van der Waals surface area contributed by atoms with E-state index in [2.05, 4.69) is 9.71 Å². The molecule has 2 aromatic rings. The zero-order valence-electron chi connectivity index (χ0n) is 15.1. The van der Waals surface area contributed by atoms with Crippen LogP contribution in [-0.2, 0) is 14.8 Å². The second-order valence-electron chi connectivity index (χ2n) is 6.48. The summed E-state index contributed by atoms with van der Waals surface area (Å²) in [4.78, 5) is 4.22. The molecule has 8 heteroatoms. The number of aromatic nitrogens is 2. The molecule has 1 aromatic carbocycles. The van der Waals surface area contributed by atoms with E-state index in [0.717, 1.165) is 17.1 Å². The summed E-state index contributed by atoms with van der Waals surface area (Å²) in [5, 5.41) is 0. The smallest absolute Gasteiger partial charge is 0.211 e. The average Bonchev–Trinajstić information content (AvgIpc) is 3.07. The minimum atomic E-state index is -3.24. The van der Waals surface area contributed by atoms with Gasteiger partial charge in [-0.3, -0.25) is 0 Å². The lowest BCUT2D eigenvalue weighted by atomic mass is 9.98. The topological polar surface area (TPSA) is 82.5 Å². The monoisotopic (exact) mass is 379 g/mol. The SMILES string of the molecule is CCS(=O)(=O)N[C@H]1CCOC[C@@H]1COc1ccc(-n2cnc(C)c2)cc1. The quantitative estimate of drug-likeness (QED) is 0.795. The minimum Gasteiger partial charge on any atom is -0.493 e. The third-order valence-electron chi connectivity index (χ3n) is 4.50. The van der Waals surface area contributed by atoms with E-state index in [1.54, 1.807) is 13.3 Å². The average molecular weight is 379 g/mol. The van der Waals surface area contributed by atoms with Crippen molar-refractivity contribution in [3.63, 3.8) is 0 Å². The molecule has 0 saturated carbocycles. The van der Waals surface area contributed by atoms with Crippen LogP contribution < -0.4 is 9.46 Å². The lowest BCUT2D eigenvalue weighted by Crippen LogP contribution is -2.47. The molecular weight excluding hydrogens is 354 g/mol. The molecule has 1 fully saturated rings. The number of imidazole rings is 1. The molecule has 0 bridgehead atoms. The van der Waals surface area contributed by atoms with E-state index in [1.165, 1.54) is 0 Å². The summed E-state index contributed by atoms with van der Waals surface area (Å²) in [6.45, 7) is 5.04. The number of hydrogen-bond acceptors (Lipinski definition) is 5. The van der Waals surface area contributed by atoms with Crippen LogP contribution in [-0.4, -0.2) is 49.6 Å². The lowest BCUT2D eigenvalue weighted by molar-refractivity contribution is 0.0186. The first-order valence-electron chi connectivity index (χ1n) is 8.78. The van der Waals surface area contributed by atoms with Gasteiger partial charge in [0.15, 0.2) is 0 Å². The summed E-state index contributed by atoms with van der Waals surface area (Å²) in [6.07, 6.45) is 4.39. The largest absolute Gasteiger partial charge is 0.493 e. The van der Waals surface area contributed by atoms with E-state index in [4.69, 9.17) is 9.47 Å². The highest BCUT2D eigenvalue weighted by Crippen LogP contribution is 2.20. The maximum atomic E-state index is 11.9. The molecule has 1 aromatic heterocycles. The summed E-state index contributed by atoms with van der Waals surface area (Å²) >= 11 is 0. The Morgan fingerprint density at radius 3 is 2.77 bits per heavy atom. The van der Waals surface area contributed by atoms with Crippen LogP contribution in [0.4, 0.5) is 0 Å². The Labute approximate surface area is 154 Å². The van der Waals surface area contributed by atoms with Gasteiger partial charge < -0.3 is 14.0 Å². The van der Waals surface area contributed by atoms with E-state index >= 15 is 0 Å². The molecule has 26 heavy (non-hydrogen) atoms. The van der Waals surface area contributed by atoms with Crippen molar-refractivity contribution in [3.8, 4) is 11.4 Å². The highest BCUT2D eigenvalue weighted by Gasteiger charge is 2.29. The fraction of sp³-hybridized carbons (Fsp3) is 0.500. The first kappa shape index (κ1) is 18.9. The standard InChI is InChI=1S/C18H25N3O4S/c1-3-26(22,23)20-18-8-9-24-11-15(18)12-25-17-6-4-16(5-7-17)21-10-14(2)19-13-21/h4-7,10,13,15,18,20H,3,8-9,11-12H2,1-2H3/t15-,18+/m1/s1. The Bertz CT molecular complexity index is 817. The molecule has 1 saturated heterocycles. The Morgan fingerprint density at radius 2 is 2.12 bits per heavy atom. The van der Waals surface area contributed by atoms with Gasteiger partial charge in [0.25, 0.3) is 0 Å². The van der Waals surface area contributed by atoms with Crippen LogP contribution in [0, 0.1) is 12.8 Å². The predicted molar refractivity (Wildman–Crippen MR) is 99.1 cm³/mol. The third-order valence-corrected chi connectivity index (χ3v) is 5.92. The van der Waals surface area contributed by atoms with Crippen molar-refractivity contribution in [1.82, 2.24) is 14.3 Å². The van der Waals surface area contributed by atoms with Gasteiger partial charge in [-0.05, 0) is 44.5 Å². The molecule has 7 nitrogen and oxygen atoms in total. The van der Waals surface area contributed by atoms with Crippen LogP contribution in [0.1, 0.15) is 19.0 Å². The zero-order valence-corrected chi connectivity index (χ0v) is 15.9. The molecule has 0 spiro atoms. The van der Waals surface area contributed by atoms with Crippen molar-refractivity contribution in [3.05, 3.63) is 42.5 Å². The fourth-order valence-electron chi connectivity index (χ4n) is 2.91. The van der Waals surface area contributed by atoms with Crippen LogP contribution in [0.3, 0.4) is 0 Å². The summed E-state index contributed by atoms with van der Waals surface area (Å²) in [7, 11) is -3.24. The summed E-state index contributed by atoms with van der Waals surface area (Å²) < 4.78 is 39.8. The van der Waals surface area contributed by atoms with Gasteiger partial charge in [0.05, 0.1) is 31.0 Å². The van der Waals surface area contributed by atoms with E-state index in [0.29, 0.717) is 26.2 Å². The van der Waals surface area contributed by atoms with Gasteiger partial charge in [-0.25, -0.2) is 18.1 Å². The van der Waals surface area contributed by atoms with E-state index < -0.39 is 10.0 Å². The lowest BCUT2D eigenvalue weighted by Gasteiger charge is -2.31. The van der Waals surface area contributed by atoms with E-state index in [-0.39, 0.29) is 17.7 Å². The highest BCUT2D eigenvalue weighted by molar-refractivity contribution is 7.89. The second-order valence-corrected chi connectivity index (χ2v) is 8.52. The molecule has 0 aliphatic carbocycles. The molecule has 2 atom stereocenters. The molecule has 1 aliphatic rings. The van der Waals surface area contributed by atoms with Gasteiger partial charge in [-0.15, -0.1) is 0 Å². The van der Waals surface area contributed by atoms with Crippen molar-refractivity contribution < 1.29 is 17.9 Å². The van der Waals surface area contributed by atoms with Crippen LogP contribution in [0.15, 0.2) is 36.8 Å². The molecule has 0 radical (unpaired) electrons. The maximum Gasteiger partial charge on any atom is 0.211 e. The number of ether oxygens (including phenoxy) is 2. The van der Waals surface area contributed by atoms with Gasteiger partial charge in [0, 0.05) is 30.5 Å². The normalized spacial score (nSPS) is 20.8. The summed E-state index contributed by atoms with van der Waals surface area (Å²) in [5.41, 5.74) is 1.97. The molecule has 3 rings (SSSR count). The van der Waals surface area contributed by atoms with Crippen molar-refractivity contribution in [2.75, 3.05) is 25.6 Å². The van der Waals surface area contributed by atoms with Crippen molar-refractivity contribution in [1.29, 1.82) is 0 Å². The highest BCUT2D eigenvalue weighted by atomic mass is 32.2. The first-order valence-corrected chi connectivity index (χ1v) is 10.4. The zero-order chi connectivity index (χ0) is 18.6. The summed E-state index contributed by atoms with van der Waals surface area (Å²) in [6, 6.07) is 7.58. The Balaban J connectivity index is 1.60. The maximum absolute atomic E-state index is 11.9. The van der Waals surface area contributed by atoms with E-state index in [1.807, 2.05) is 42.0 Å². The van der Waals surface area contributed by atoms with Crippen LogP contribution in [0.2, 0.25) is 0 Å². The Morgan fingerprint density at radius 1 is 1.35 bits per heavy atom. The van der Waals surface area contributed by atoms with Crippen molar-refractivity contribution >= 4 is 10.0 Å². The summed E-state index contributed by atoms with van der Waals surface area (Å²) in [5.74, 6) is 0.807. The number of rotatable bonds is 7. The van der Waals surface area contributed by atoms with E-state index in [9.17, 15) is 8.42 Å². The third kappa shape index (κ3) is 4.84. The molecule has 2 heterocycles. The fourth-order valence-corrected chi connectivity index (χ4v) is 3.85. The number of benzene rings is 1. The molecule has 142 valence electrons. The molecule has 1 aliphatic heterocycles. The van der Waals surface area contributed by atoms with Crippen LogP contribution in [0.25, 0.3) is 5.69 Å². The molecule has 1 N–H and O–H groups in total. The molecule has 0 amide bonds. The molecule has 0 unspecified atom stereocenters. The Kier molecular flexibility index (Phi) is 5.95. The molecular formula is C18H25N3O4S. The number of hydrogen-bond donors (Lipinski definition) is 1. The van der Waals surface area contributed by atoms with Gasteiger partial charge in [-0.2, -0.15) is 0 Å². The number of aryl methyl sites for hydroxylation is 1. The number of nitrogens with one attached hydrogen (secondary N) is 1. The number of nitrogens with zero attached hydrogens (tertiary/aromatic N) is 2. The Hall–Kier alpha value is -1.90. The second kappa shape index (κ2) is 8.20.